The van der Waals surface area contributed by atoms with Gasteiger partial charge in [0, 0.05) is 30.0 Å². The van der Waals surface area contributed by atoms with Crippen molar-refractivity contribution in [1.29, 1.82) is 0 Å². The molecule has 2 heterocycles. The molecule has 0 spiro atoms. The molecule has 3 rings (SSSR count). The van der Waals surface area contributed by atoms with Crippen LogP contribution >= 0.6 is 0 Å². The van der Waals surface area contributed by atoms with Gasteiger partial charge in [0.05, 0.1) is 12.7 Å². The van der Waals surface area contributed by atoms with Gasteiger partial charge in [-0.2, -0.15) is 0 Å². The van der Waals surface area contributed by atoms with Crippen LogP contribution in [-0.2, 0) is 9.53 Å². The van der Waals surface area contributed by atoms with Crippen molar-refractivity contribution < 1.29 is 9.53 Å². The molecular weight excluding hydrogens is 266 g/mol. The van der Waals surface area contributed by atoms with E-state index in [-0.39, 0.29) is 11.9 Å². The number of benzene rings is 1. The van der Waals surface area contributed by atoms with Gasteiger partial charge in [-0.15, -0.1) is 0 Å². The van der Waals surface area contributed by atoms with Gasteiger partial charge in [-0.05, 0) is 25.1 Å². The molecule has 0 bridgehead atoms. The lowest BCUT2D eigenvalue weighted by Gasteiger charge is -2.34. The lowest BCUT2D eigenvalue weighted by atomic mass is 10.1. The second-order valence-electron chi connectivity index (χ2n) is 5.60. The maximum atomic E-state index is 12.0. The first kappa shape index (κ1) is 14.4. The number of ether oxygens (including phenoxy) is 1. The van der Waals surface area contributed by atoms with E-state index in [0.717, 1.165) is 49.6 Å². The predicted octanol–water partition coefficient (Wildman–Crippen LogP) is 1.90. The fourth-order valence-electron chi connectivity index (χ4n) is 3.05. The van der Waals surface area contributed by atoms with Crippen LogP contribution in [0.4, 0.5) is 11.4 Å². The summed E-state index contributed by atoms with van der Waals surface area (Å²) in [6, 6.07) is 6.04. The third kappa shape index (κ3) is 2.76. The van der Waals surface area contributed by atoms with Crippen LogP contribution in [0.25, 0.3) is 0 Å². The molecule has 5 heteroatoms. The molecule has 0 aromatic heterocycles. The number of anilines is 2. The molecule has 2 aliphatic rings. The molecule has 2 atom stereocenters. The number of likely N-dealkylation sites (N-methyl/N-ethyl adjacent to an activating group) is 1. The number of fused-ring (bicyclic) bond motifs is 1. The summed E-state index contributed by atoms with van der Waals surface area (Å²) in [5.74, 6) is 0.0393. The molecular formula is C16H23N3O2. The summed E-state index contributed by atoms with van der Waals surface area (Å²) in [4.78, 5) is 14.3. The van der Waals surface area contributed by atoms with E-state index in [9.17, 15) is 4.79 Å². The summed E-state index contributed by atoms with van der Waals surface area (Å²) >= 11 is 0. The van der Waals surface area contributed by atoms with Gasteiger partial charge in [-0.1, -0.05) is 19.9 Å². The van der Waals surface area contributed by atoms with Gasteiger partial charge in [0.1, 0.15) is 6.04 Å². The largest absolute Gasteiger partial charge is 0.375 e. The number of carbonyl (C=O) groups excluding carboxylic acids is 1. The van der Waals surface area contributed by atoms with Crippen molar-refractivity contribution in [2.45, 2.75) is 32.4 Å². The van der Waals surface area contributed by atoms with Crippen LogP contribution < -0.4 is 15.5 Å². The van der Waals surface area contributed by atoms with E-state index in [4.69, 9.17) is 4.74 Å². The quantitative estimate of drug-likeness (QED) is 0.889. The highest BCUT2D eigenvalue weighted by Crippen LogP contribution is 2.34. The van der Waals surface area contributed by atoms with Crippen molar-refractivity contribution in [3.63, 3.8) is 0 Å². The molecule has 114 valence electrons. The van der Waals surface area contributed by atoms with Crippen LogP contribution in [-0.4, -0.2) is 38.3 Å². The number of amides is 1. The molecule has 0 aliphatic carbocycles. The van der Waals surface area contributed by atoms with Crippen molar-refractivity contribution in [3.8, 4) is 0 Å². The predicted molar refractivity (Wildman–Crippen MR) is 83.7 cm³/mol. The van der Waals surface area contributed by atoms with E-state index < -0.39 is 0 Å². The van der Waals surface area contributed by atoms with E-state index in [2.05, 4.69) is 40.7 Å². The van der Waals surface area contributed by atoms with E-state index in [0.29, 0.717) is 6.10 Å². The average Bonchev–Trinajstić information content (AvgIpc) is 2.83. The van der Waals surface area contributed by atoms with Gasteiger partial charge >= 0.3 is 0 Å². The number of nitrogens with zero attached hydrogens (tertiary/aromatic N) is 1. The van der Waals surface area contributed by atoms with Gasteiger partial charge in [0.2, 0.25) is 5.91 Å². The third-order valence-corrected chi connectivity index (χ3v) is 4.24. The van der Waals surface area contributed by atoms with Gasteiger partial charge in [0.25, 0.3) is 0 Å². The summed E-state index contributed by atoms with van der Waals surface area (Å²) < 4.78 is 5.72. The molecule has 1 aromatic carbocycles. The molecule has 1 fully saturated rings. The van der Waals surface area contributed by atoms with Crippen LogP contribution in [0.2, 0.25) is 0 Å². The number of nitrogens with one attached hydrogen (secondary N) is 2. The standard InChI is InChI=1S/C16H23N3O2/c1-3-12-10-19(7-8-21-12)11-5-6-13-14(9-11)18-16(20)15(13)17-4-2/h5-6,9,12,15,17H,3-4,7-8,10H2,1-2H3,(H,18,20). The van der Waals surface area contributed by atoms with E-state index in [1.807, 2.05) is 6.92 Å². The monoisotopic (exact) mass is 289 g/mol. The molecule has 2 unspecified atom stereocenters. The Bertz CT molecular complexity index is 532. The van der Waals surface area contributed by atoms with Crippen molar-refractivity contribution in [2.75, 3.05) is 36.5 Å². The topological polar surface area (TPSA) is 53.6 Å². The normalized spacial score (nSPS) is 24.9. The van der Waals surface area contributed by atoms with Crippen molar-refractivity contribution in [3.05, 3.63) is 23.8 Å². The summed E-state index contributed by atoms with van der Waals surface area (Å²) in [7, 11) is 0. The fourth-order valence-corrected chi connectivity index (χ4v) is 3.05. The average molecular weight is 289 g/mol. The molecule has 2 N–H and O–H groups in total. The Morgan fingerprint density at radius 2 is 2.29 bits per heavy atom. The minimum absolute atomic E-state index is 0.0393. The minimum atomic E-state index is -0.216. The summed E-state index contributed by atoms with van der Waals surface area (Å²) in [5.41, 5.74) is 3.14. The maximum absolute atomic E-state index is 12.0. The smallest absolute Gasteiger partial charge is 0.246 e. The molecule has 0 saturated carbocycles. The molecule has 1 aromatic rings. The number of hydrogen-bond donors (Lipinski definition) is 2. The van der Waals surface area contributed by atoms with Gasteiger partial charge in [-0.3, -0.25) is 4.79 Å². The minimum Gasteiger partial charge on any atom is -0.375 e. The zero-order valence-electron chi connectivity index (χ0n) is 12.7. The highest BCUT2D eigenvalue weighted by molar-refractivity contribution is 6.03. The Balaban J connectivity index is 1.81. The first-order valence-corrected chi connectivity index (χ1v) is 7.77. The second-order valence-corrected chi connectivity index (χ2v) is 5.60. The molecule has 0 radical (unpaired) electrons. The third-order valence-electron chi connectivity index (χ3n) is 4.24. The van der Waals surface area contributed by atoms with Crippen molar-refractivity contribution in [1.82, 2.24) is 5.32 Å². The lowest BCUT2D eigenvalue weighted by Crippen LogP contribution is -2.42. The van der Waals surface area contributed by atoms with Crippen LogP contribution in [0, 0.1) is 0 Å². The van der Waals surface area contributed by atoms with Crippen molar-refractivity contribution in [2.24, 2.45) is 0 Å². The molecule has 21 heavy (non-hydrogen) atoms. The molecule has 1 saturated heterocycles. The van der Waals surface area contributed by atoms with E-state index in [1.54, 1.807) is 0 Å². The molecule has 1 amide bonds. The first-order valence-electron chi connectivity index (χ1n) is 7.77. The number of hydrogen-bond acceptors (Lipinski definition) is 4. The van der Waals surface area contributed by atoms with Crippen LogP contribution in [0.3, 0.4) is 0 Å². The van der Waals surface area contributed by atoms with E-state index in [1.165, 1.54) is 0 Å². The van der Waals surface area contributed by atoms with Crippen LogP contribution in [0.5, 0.6) is 0 Å². The molecule has 5 nitrogen and oxygen atoms in total. The Kier molecular flexibility index (Phi) is 4.12. The SMILES string of the molecule is CCNC1C(=O)Nc2cc(N3CCOC(CC)C3)ccc21. The zero-order chi connectivity index (χ0) is 14.8. The maximum Gasteiger partial charge on any atom is 0.246 e. The Hall–Kier alpha value is -1.59. The Morgan fingerprint density at radius 1 is 1.43 bits per heavy atom. The van der Waals surface area contributed by atoms with E-state index >= 15 is 0 Å². The van der Waals surface area contributed by atoms with Gasteiger partial charge < -0.3 is 20.3 Å². The van der Waals surface area contributed by atoms with Crippen LogP contribution in [0.15, 0.2) is 18.2 Å². The highest BCUT2D eigenvalue weighted by Gasteiger charge is 2.30. The Morgan fingerprint density at radius 3 is 3.05 bits per heavy atom. The number of rotatable bonds is 4. The lowest BCUT2D eigenvalue weighted by molar-refractivity contribution is -0.117. The van der Waals surface area contributed by atoms with Gasteiger partial charge in [-0.25, -0.2) is 0 Å². The second kappa shape index (κ2) is 6.03. The zero-order valence-corrected chi connectivity index (χ0v) is 12.7. The molecule has 2 aliphatic heterocycles. The highest BCUT2D eigenvalue weighted by atomic mass is 16.5. The summed E-state index contributed by atoms with van der Waals surface area (Å²) in [6.07, 6.45) is 1.33. The fraction of sp³-hybridized carbons (Fsp3) is 0.562. The van der Waals surface area contributed by atoms with Gasteiger partial charge in [0.15, 0.2) is 0 Å². The summed E-state index contributed by atoms with van der Waals surface area (Å²) in [6.45, 7) is 7.53. The number of morpholine rings is 1. The van der Waals surface area contributed by atoms with Crippen LogP contribution in [0.1, 0.15) is 31.9 Å². The Labute approximate surface area is 125 Å². The first-order chi connectivity index (χ1) is 10.2. The van der Waals surface area contributed by atoms with Crippen molar-refractivity contribution >= 4 is 17.3 Å². The summed E-state index contributed by atoms with van der Waals surface area (Å²) in [5, 5.41) is 6.20. The number of carbonyl (C=O) groups is 1.